The van der Waals surface area contributed by atoms with E-state index >= 15 is 0 Å². The molecule has 21 heavy (non-hydrogen) atoms. The molecule has 1 aliphatic carbocycles. The molecule has 2 rings (SSSR count). The van der Waals surface area contributed by atoms with Gasteiger partial charge in [-0.05, 0) is 25.3 Å². The van der Waals surface area contributed by atoms with Gasteiger partial charge in [-0.15, -0.1) is 0 Å². The molecule has 1 saturated carbocycles. The molecule has 0 bridgehead atoms. The first-order chi connectivity index (χ1) is 9.95. The third kappa shape index (κ3) is 4.31. The van der Waals surface area contributed by atoms with Crippen LogP contribution >= 0.6 is 0 Å². The van der Waals surface area contributed by atoms with Crippen LogP contribution < -0.4 is 5.32 Å². The van der Waals surface area contributed by atoms with E-state index in [9.17, 15) is 8.42 Å². The van der Waals surface area contributed by atoms with Crippen molar-refractivity contribution in [3.63, 3.8) is 0 Å². The van der Waals surface area contributed by atoms with Crippen molar-refractivity contribution < 1.29 is 8.42 Å². The van der Waals surface area contributed by atoms with Gasteiger partial charge in [0.15, 0.2) is 0 Å². The van der Waals surface area contributed by atoms with Gasteiger partial charge in [-0.3, -0.25) is 0 Å². The van der Waals surface area contributed by atoms with E-state index in [2.05, 4.69) is 12.2 Å². The Morgan fingerprint density at radius 1 is 1.38 bits per heavy atom. The predicted molar refractivity (Wildman–Crippen MR) is 84.6 cm³/mol. The summed E-state index contributed by atoms with van der Waals surface area (Å²) < 4.78 is 28.4. The van der Waals surface area contributed by atoms with Crippen molar-refractivity contribution in [1.82, 2.24) is 14.2 Å². The first kappa shape index (κ1) is 16.5. The van der Waals surface area contributed by atoms with E-state index in [4.69, 9.17) is 0 Å². The second-order valence-corrected chi connectivity index (χ2v) is 8.01. The summed E-state index contributed by atoms with van der Waals surface area (Å²) in [7, 11) is 0.210. The zero-order valence-electron chi connectivity index (χ0n) is 13.3. The lowest BCUT2D eigenvalue weighted by atomic mass is 10.2. The Labute approximate surface area is 128 Å². The fourth-order valence-corrected chi connectivity index (χ4v) is 3.62. The SMILES string of the molecule is CCCCCN(C)S(=O)(=O)c1cc(CNC2CC2)n(C)c1. The quantitative estimate of drug-likeness (QED) is 0.710. The summed E-state index contributed by atoms with van der Waals surface area (Å²) in [6, 6.07) is 2.41. The van der Waals surface area contributed by atoms with Gasteiger partial charge in [0.05, 0.1) is 0 Å². The van der Waals surface area contributed by atoms with Crippen LogP contribution in [0.15, 0.2) is 17.2 Å². The van der Waals surface area contributed by atoms with E-state index < -0.39 is 10.0 Å². The minimum atomic E-state index is -3.36. The van der Waals surface area contributed by atoms with Crippen LogP contribution in [0.1, 0.15) is 44.7 Å². The van der Waals surface area contributed by atoms with Crippen LogP contribution in [-0.4, -0.2) is 36.9 Å². The van der Waals surface area contributed by atoms with Crippen LogP contribution in [0.5, 0.6) is 0 Å². The van der Waals surface area contributed by atoms with E-state index in [1.807, 2.05) is 11.6 Å². The molecule has 1 fully saturated rings. The summed E-state index contributed by atoms with van der Waals surface area (Å²) in [5, 5.41) is 3.42. The lowest BCUT2D eigenvalue weighted by Gasteiger charge is -2.15. The predicted octanol–water partition coefficient (Wildman–Crippen LogP) is 2.09. The molecular formula is C15H27N3O2S. The van der Waals surface area contributed by atoms with Crippen molar-refractivity contribution in [2.24, 2.45) is 7.05 Å². The highest BCUT2D eigenvalue weighted by Gasteiger charge is 2.24. The van der Waals surface area contributed by atoms with Crippen LogP contribution in [0, 0.1) is 0 Å². The number of nitrogens with one attached hydrogen (secondary N) is 1. The molecule has 5 nitrogen and oxygen atoms in total. The number of aromatic nitrogens is 1. The minimum absolute atomic E-state index is 0.400. The summed E-state index contributed by atoms with van der Waals surface area (Å²) >= 11 is 0. The summed E-state index contributed by atoms with van der Waals surface area (Å²) in [4.78, 5) is 0.400. The minimum Gasteiger partial charge on any atom is -0.352 e. The Kier molecular flexibility index (Phi) is 5.46. The first-order valence-electron chi connectivity index (χ1n) is 7.80. The lowest BCUT2D eigenvalue weighted by Crippen LogP contribution is -2.27. The van der Waals surface area contributed by atoms with Gasteiger partial charge in [-0.25, -0.2) is 12.7 Å². The van der Waals surface area contributed by atoms with E-state index in [-0.39, 0.29) is 0 Å². The molecule has 0 spiro atoms. The number of sulfonamides is 1. The zero-order valence-corrected chi connectivity index (χ0v) is 14.1. The molecule has 6 heteroatoms. The maximum Gasteiger partial charge on any atom is 0.244 e. The van der Waals surface area contributed by atoms with Gasteiger partial charge in [-0.1, -0.05) is 19.8 Å². The molecule has 0 amide bonds. The first-order valence-corrected chi connectivity index (χ1v) is 9.24. The van der Waals surface area contributed by atoms with Crippen molar-refractivity contribution >= 4 is 10.0 Å². The molecule has 0 unspecified atom stereocenters. The largest absolute Gasteiger partial charge is 0.352 e. The normalized spacial score (nSPS) is 15.8. The molecule has 1 aromatic rings. The summed E-state index contributed by atoms with van der Waals surface area (Å²) in [6.07, 6.45) is 7.25. The molecule has 1 aromatic heterocycles. The number of rotatable bonds is 9. The molecule has 120 valence electrons. The van der Waals surface area contributed by atoms with Gasteiger partial charge in [0.25, 0.3) is 0 Å². The standard InChI is InChI=1S/C15H27N3O2S/c1-4-5-6-9-18(3)21(19,20)15-10-14(17(2)12-15)11-16-13-7-8-13/h10,12-13,16H,4-9,11H2,1-3H3. The zero-order chi connectivity index (χ0) is 15.5. The summed E-state index contributed by atoms with van der Waals surface area (Å²) in [6.45, 7) is 3.43. The maximum atomic E-state index is 12.5. The fraction of sp³-hybridized carbons (Fsp3) is 0.733. The van der Waals surface area contributed by atoms with Crippen molar-refractivity contribution in [2.75, 3.05) is 13.6 Å². The van der Waals surface area contributed by atoms with Crippen molar-refractivity contribution in [2.45, 2.75) is 56.5 Å². The van der Waals surface area contributed by atoms with Gasteiger partial charge in [0, 0.05) is 45.1 Å². The molecule has 0 saturated heterocycles. The summed E-state index contributed by atoms with van der Waals surface area (Å²) in [5.74, 6) is 0. The van der Waals surface area contributed by atoms with E-state index in [0.29, 0.717) is 17.5 Å². The molecule has 0 atom stereocenters. The number of hydrogen-bond acceptors (Lipinski definition) is 3. The second kappa shape index (κ2) is 6.94. The van der Waals surface area contributed by atoms with Crippen molar-refractivity contribution in [3.8, 4) is 0 Å². The average molecular weight is 313 g/mol. The van der Waals surface area contributed by atoms with E-state index in [1.165, 1.54) is 17.1 Å². The van der Waals surface area contributed by atoms with Crippen molar-refractivity contribution in [1.29, 1.82) is 0 Å². The van der Waals surface area contributed by atoms with Crippen LogP contribution in [-0.2, 0) is 23.6 Å². The van der Waals surface area contributed by atoms with Crippen molar-refractivity contribution in [3.05, 3.63) is 18.0 Å². The van der Waals surface area contributed by atoms with Crippen LogP contribution in [0.4, 0.5) is 0 Å². The van der Waals surface area contributed by atoms with Gasteiger partial charge in [0.1, 0.15) is 4.90 Å². The van der Waals surface area contributed by atoms with E-state index in [0.717, 1.165) is 31.5 Å². The Morgan fingerprint density at radius 2 is 2.10 bits per heavy atom. The second-order valence-electron chi connectivity index (χ2n) is 5.97. The highest BCUT2D eigenvalue weighted by atomic mass is 32.2. The van der Waals surface area contributed by atoms with Crippen LogP contribution in [0.3, 0.4) is 0 Å². The number of nitrogens with zero attached hydrogens (tertiary/aromatic N) is 2. The Bertz CT molecular complexity index is 561. The molecule has 1 heterocycles. The number of aryl methyl sites for hydroxylation is 1. The molecule has 1 N–H and O–H groups in total. The van der Waals surface area contributed by atoms with Crippen LogP contribution in [0.25, 0.3) is 0 Å². The topological polar surface area (TPSA) is 54.3 Å². The highest BCUT2D eigenvalue weighted by Crippen LogP contribution is 2.21. The molecule has 0 aromatic carbocycles. The molecule has 0 radical (unpaired) electrons. The van der Waals surface area contributed by atoms with Crippen LogP contribution in [0.2, 0.25) is 0 Å². The summed E-state index contributed by atoms with van der Waals surface area (Å²) in [5.41, 5.74) is 1.02. The number of hydrogen-bond donors (Lipinski definition) is 1. The Morgan fingerprint density at radius 3 is 2.71 bits per heavy atom. The third-order valence-corrected chi connectivity index (χ3v) is 5.84. The smallest absolute Gasteiger partial charge is 0.244 e. The number of unbranched alkanes of at least 4 members (excludes halogenated alkanes) is 2. The fourth-order valence-electron chi connectivity index (χ4n) is 2.31. The third-order valence-electron chi connectivity index (χ3n) is 4.02. The monoisotopic (exact) mass is 313 g/mol. The highest BCUT2D eigenvalue weighted by molar-refractivity contribution is 7.89. The molecular weight excluding hydrogens is 286 g/mol. The molecule has 1 aliphatic rings. The van der Waals surface area contributed by atoms with Gasteiger partial charge < -0.3 is 9.88 Å². The Hall–Kier alpha value is -0.850. The average Bonchev–Trinajstić information content (AvgIpc) is 3.19. The van der Waals surface area contributed by atoms with Gasteiger partial charge in [-0.2, -0.15) is 0 Å². The lowest BCUT2D eigenvalue weighted by molar-refractivity contribution is 0.454. The molecule has 0 aliphatic heterocycles. The van der Waals surface area contributed by atoms with Gasteiger partial charge in [0.2, 0.25) is 10.0 Å². The Balaban J connectivity index is 2.02. The maximum absolute atomic E-state index is 12.5. The van der Waals surface area contributed by atoms with E-state index in [1.54, 1.807) is 19.3 Å². The van der Waals surface area contributed by atoms with Gasteiger partial charge >= 0.3 is 0 Å².